The fourth-order valence-corrected chi connectivity index (χ4v) is 2.37. The van der Waals surface area contributed by atoms with Crippen LogP contribution >= 0.6 is 0 Å². The van der Waals surface area contributed by atoms with Gasteiger partial charge in [0, 0.05) is 23.6 Å². The molecule has 0 atom stereocenters. The normalized spacial score (nSPS) is 11.4. The molecule has 1 amide bonds. The highest BCUT2D eigenvalue weighted by atomic mass is 16.1. The van der Waals surface area contributed by atoms with Crippen LogP contribution in [0, 0.1) is 0 Å². The highest BCUT2D eigenvalue weighted by Crippen LogP contribution is 2.22. The van der Waals surface area contributed by atoms with Gasteiger partial charge in [-0.05, 0) is 41.3 Å². The third-order valence-electron chi connectivity index (χ3n) is 3.74. The van der Waals surface area contributed by atoms with Gasteiger partial charge >= 0.3 is 0 Å². The van der Waals surface area contributed by atoms with Crippen LogP contribution in [0.5, 0.6) is 0 Å². The number of fused-ring (bicyclic) bond motifs is 1. The molecule has 116 valence electrons. The molecule has 4 nitrogen and oxygen atoms in total. The van der Waals surface area contributed by atoms with Crippen LogP contribution < -0.4 is 5.32 Å². The number of nitrogens with zero attached hydrogens (tertiary/aromatic N) is 2. The third-order valence-corrected chi connectivity index (χ3v) is 3.74. The summed E-state index contributed by atoms with van der Waals surface area (Å²) in [5.41, 5.74) is 4.19. The van der Waals surface area contributed by atoms with Gasteiger partial charge in [-0.25, -0.2) is 0 Å². The maximum absolute atomic E-state index is 12.4. The summed E-state index contributed by atoms with van der Waals surface area (Å²) >= 11 is 0. The summed E-state index contributed by atoms with van der Waals surface area (Å²) in [6.07, 6.45) is 3.29. The first-order valence-corrected chi connectivity index (χ1v) is 7.56. The summed E-state index contributed by atoms with van der Waals surface area (Å²) in [6, 6.07) is 13.2. The summed E-state index contributed by atoms with van der Waals surface area (Å²) in [5.74, 6) is -0.131. The van der Waals surface area contributed by atoms with E-state index in [0.717, 1.165) is 11.0 Å². The van der Waals surface area contributed by atoms with Crippen molar-refractivity contribution in [3.8, 4) is 0 Å². The van der Waals surface area contributed by atoms with E-state index >= 15 is 0 Å². The molecule has 0 saturated heterocycles. The van der Waals surface area contributed by atoms with Gasteiger partial charge < -0.3 is 5.32 Å². The van der Waals surface area contributed by atoms with Crippen molar-refractivity contribution in [3.63, 3.8) is 0 Å². The number of hydrogen-bond acceptors (Lipinski definition) is 3. The average molecular weight is 305 g/mol. The van der Waals surface area contributed by atoms with Crippen LogP contribution in [0.15, 0.2) is 54.9 Å². The molecule has 0 aliphatic heterocycles. The summed E-state index contributed by atoms with van der Waals surface area (Å²) in [7, 11) is 0. The third kappa shape index (κ3) is 3.37. The molecule has 3 aromatic rings. The Morgan fingerprint density at radius 2 is 1.57 bits per heavy atom. The summed E-state index contributed by atoms with van der Waals surface area (Å²) in [4.78, 5) is 20.8. The zero-order valence-corrected chi connectivity index (χ0v) is 13.5. The van der Waals surface area contributed by atoms with Gasteiger partial charge in [-0.1, -0.05) is 32.9 Å². The van der Waals surface area contributed by atoms with E-state index in [0.29, 0.717) is 11.3 Å². The van der Waals surface area contributed by atoms with E-state index in [4.69, 9.17) is 0 Å². The lowest BCUT2D eigenvalue weighted by Crippen LogP contribution is -2.14. The molecule has 1 heterocycles. The van der Waals surface area contributed by atoms with E-state index in [9.17, 15) is 4.79 Å². The highest BCUT2D eigenvalue weighted by Gasteiger charge is 2.14. The Bertz CT molecular complexity index is 848. The molecular weight excluding hydrogens is 286 g/mol. The molecule has 23 heavy (non-hydrogen) atoms. The van der Waals surface area contributed by atoms with E-state index < -0.39 is 0 Å². The van der Waals surface area contributed by atoms with Crippen LogP contribution in [-0.2, 0) is 5.41 Å². The summed E-state index contributed by atoms with van der Waals surface area (Å²) in [5, 5.41) is 2.90. The lowest BCUT2D eigenvalue weighted by atomic mass is 9.87. The molecule has 3 rings (SSSR count). The monoisotopic (exact) mass is 305 g/mol. The quantitative estimate of drug-likeness (QED) is 0.772. The fourth-order valence-electron chi connectivity index (χ4n) is 2.37. The standard InChI is InChI=1S/C19H19N3O/c1-19(2,3)14-6-4-13(5-7-14)18(23)22-15-8-9-16-17(12-15)21-11-10-20-16/h4-12H,1-3H3,(H,22,23). The fraction of sp³-hybridized carbons (Fsp3) is 0.211. The van der Waals surface area contributed by atoms with E-state index in [-0.39, 0.29) is 11.3 Å². The zero-order valence-electron chi connectivity index (χ0n) is 13.5. The van der Waals surface area contributed by atoms with Crippen molar-refractivity contribution in [2.75, 3.05) is 5.32 Å². The predicted molar refractivity (Wildman–Crippen MR) is 92.6 cm³/mol. The molecule has 1 N–H and O–H groups in total. The van der Waals surface area contributed by atoms with Crippen molar-refractivity contribution in [1.82, 2.24) is 9.97 Å². The second kappa shape index (κ2) is 5.80. The van der Waals surface area contributed by atoms with Gasteiger partial charge in [-0.2, -0.15) is 0 Å². The number of aromatic nitrogens is 2. The Kier molecular flexibility index (Phi) is 3.82. The summed E-state index contributed by atoms with van der Waals surface area (Å²) < 4.78 is 0. The first-order valence-electron chi connectivity index (χ1n) is 7.56. The molecule has 1 aromatic heterocycles. The number of hydrogen-bond donors (Lipinski definition) is 1. The Morgan fingerprint density at radius 1 is 0.913 bits per heavy atom. The number of benzene rings is 2. The minimum Gasteiger partial charge on any atom is -0.322 e. The predicted octanol–water partition coefficient (Wildman–Crippen LogP) is 4.18. The van der Waals surface area contributed by atoms with Gasteiger partial charge in [0.25, 0.3) is 5.91 Å². The van der Waals surface area contributed by atoms with Crippen LogP contribution in [0.2, 0.25) is 0 Å². The topological polar surface area (TPSA) is 54.9 Å². The Hall–Kier alpha value is -2.75. The molecule has 0 aliphatic carbocycles. The van der Waals surface area contributed by atoms with Crippen molar-refractivity contribution in [1.29, 1.82) is 0 Å². The van der Waals surface area contributed by atoms with Crippen LogP contribution in [0.1, 0.15) is 36.7 Å². The summed E-state index contributed by atoms with van der Waals surface area (Å²) in [6.45, 7) is 6.45. The number of amides is 1. The van der Waals surface area contributed by atoms with Crippen molar-refractivity contribution in [2.24, 2.45) is 0 Å². The Balaban J connectivity index is 1.80. The SMILES string of the molecule is CC(C)(C)c1ccc(C(=O)Nc2ccc3nccnc3c2)cc1. The maximum atomic E-state index is 12.4. The number of carbonyl (C=O) groups excluding carboxylic acids is 1. The van der Waals surface area contributed by atoms with Gasteiger partial charge in [0.15, 0.2) is 0 Å². The van der Waals surface area contributed by atoms with Crippen LogP contribution in [-0.4, -0.2) is 15.9 Å². The van der Waals surface area contributed by atoms with Gasteiger partial charge in [0.2, 0.25) is 0 Å². The van der Waals surface area contributed by atoms with Gasteiger partial charge in [0.1, 0.15) is 0 Å². The Labute approximate surface area is 135 Å². The van der Waals surface area contributed by atoms with Gasteiger partial charge in [-0.15, -0.1) is 0 Å². The molecule has 4 heteroatoms. The van der Waals surface area contributed by atoms with Crippen LogP contribution in [0.4, 0.5) is 5.69 Å². The van der Waals surface area contributed by atoms with Crippen molar-refractivity contribution in [2.45, 2.75) is 26.2 Å². The average Bonchev–Trinajstić information content (AvgIpc) is 2.54. The first-order chi connectivity index (χ1) is 10.9. The minimum absolute atomic E-state index is 0.0754. The molecular formula is C19H19N3O. The van der Waals surface area contributed by atoms with E-state index in [2.05, 4.69) is 36.1 Å². The number of rotatable bonds is 2. The van der Waals surface area contributed by atoms with Gasteiger partial charge in [-0.3, -0.25) is 14.8 Å². The largest absolute Gasteiger partial charge is 0.322 e. The van der Waals surface area contributed by atoms with E-state index in [1.807, 2.05) is 42.5 Å². The van der Waals surface area contributed by atoms with E-state index in [1.165, 1.54) is 5.56 Å². The van der Waals surface area contributed by atoms with Crippen molar-refractivity contribution < 1.29 is 4.79 Å². The molecule has 0 unspecified atom stereocenters. The second-order valence-electron chi connectivity index (χ2n) is 6.54. The lowest BCUT2D eigenvalue weighted by molar-refractivity contribution is 0.102. The first kappa shape index (κ1) is 15.2. The Morgan fingerprint density at radius 3 is 2.22 bits per heavy atom. The van der Waals surface area contributed by atoms with Crippen molar-refractivity contribution >= 4 is 22.6 Å². The molecule has 0 aliphatic rings. The highest BCUT2D eigenvalue weighted by molar-refractivity contribution is 6.04. The van der Waals surface area contributed by atoms with E-state index in [1.54, 1.807) is 12.4 Å². The molecule has 2 aromatic carbocycles. The molecule has 0 saturated carbocycles. The molecule has 0 fully saturated rings. The number of anilines is 1. The molecule has 0 spiro atoms. The minimum atomic E-state index is -0.131. The number of nitrogens with one attached hydrogen (secondary N) is 1. The van der Waals surface area contributed by atoms with Crippen molar-refractivity contribution in [3.05, 3.63) is 66.0 Å². The maximum Gasteiger partial charge on any atom is 0.255 e. The molecule has 0 radical (unpaired) electrons. The molecule has 0 bridgehead atoms. The van der Waals surface area contributed by atoms with Crippen LogP contribution in [0.3, 0.4) is 0 Å². The lowest BCUT2D eigenvalue weighted by Gasteiger charge is -2.19. The second-order valence-corrected chi connectivity index (χ2v) is 6.54. The smallest absolute Gasteiger partial charge is 0.255 e. The van der Waals surface area contributed by atoms with Gasteiger partial charge in [0.05, 0.1) is 11.0 Å². The number of carbonyl (C=O) groups is 1. The van der Waals surface area contributed by atoms with Crippen LogP contribution in [0.25, 0.3) is 11.0 Å². The zero-order chi connectivity index (χ0) is 16.4.